The van der Waals surface area contributed by atoms with E-state index >= 15 is 0 Å². The normalized spacial score (nSPS) is 12.1. The van der Waals surface area contributed by atoms with E-state index in [2.05, 4.69) is 6.07 Å². The predicted molar refractivity (Wildman–Crippen MR) is 285 cm³/mol. The third-order valence-electron chi connectivity index (χ3n) is 12.2. The van der Waals surface area contributed by atoms with Crippen LogP contribution < -0.4 is 54.6 Å². The highest BCUT2D eigenvalue weighted by Crippen LogP contribution is 2.47. The lowest BCUT2D eigenvalue weighted by molar-refractivity contribution is 0.757. The van der Waals surface area contributed by atoms with Gasteiger partial charge in [0, 0.05) is 5.56 Å². The van der Waals surface area contributed by atoms with E-state index in [1.165, 1.54) is 0 Å². The number of hydrogen-bond donors (Lipinski definition) is 0. The molecule has 0 aliphatic rings. The Labute approximate surface area is 393 Å². The Kier molecular flexibility index (Phi) is 11.0. The minimum absolute atomic E-state index is 0.103. The predicted octanol–water partition coefficient (Wildman–Crippen LogP) is -1.99. The van der Waals surface area contributed by atoms with Crippen molar-refractivity contribution >= 4 is 205 Å². The number of benzene rings is 8. The van der Waals surface area contributed by atoms with E-state index in [0.717, 1.165) is 43.8 Å². The molecule has 0 aliphatic heterocycles. The standard InChI is InChI=1S/C47H19B15N2/c48-35-32(36(49)40(53)43(56)39(35)52)21-9-7-8-20(18-21)31-23-10-1-2-11-24(23)34(25-17-16-22(19-27(25)31)33-37(50)41(54)44(57)42(55)38(33)51)26-12-3-5-14-29(26)64-30-15-6-4-13-28(30)63-45(64)46(58,59)47(60,61)62/h1-19H. The molecule has 1 aromatic heterocycles. The maximum Gasteiger partial charge on any atom is 0.113 e. The molecule has 0 aliphatic carbocycles. The zero-order valence-electron chi connectivity index (χ0n) is 34.5. The molecule has 0 bridgehead atoms. The van der Waals surface area contributed by atoms with Crippen LogP contribution in [0.2, 0.25) is 5.11 Å². The highest BCUT2D eigenvalue weighted by molar-refractivity contribution is 6.70. The molecule has 30 radical (unpaired) electrons. The molecule has 1 heterocycles. The van der Waals surface area contributed by atoms with Crippen LogP contribution in [0, 0.1) is 0 Å². The average Bonchev–Trinajstić information content (AvgIpc) is 3.68. The van der Waals surface area contributed by atoms with Crippen LogP contribution in [0.15, 0.2) is 115 Å². The number of rotatable bonds is 7. The number of nitrogens with zero attached hydrogens (tertiary/aromatic N) is 2. The molecule has 0 N–H and O–H groups in total. The Balaban J connectivity index is 1.43. The molecule has 9 rings (SSSR count). The van der Waals surface area contributed by atoms with Gasteiger partial charge >= 0.3 is 0 Å². The number of fused-ring (bicyclic) bond motifs is 3. The minimum Gasteiger partial charge on any atom is -0.296 e. The van der Waals surface area contributed by atoms with Crippen molar-refractivity contribution in [2.24, 2.45) is 0 Å². The van der Waals surface area contributed by atoms with Crippen molar-refractivity contribution in [1.29, 1.82) is 0 Å². The van der Waals surface area contributed by atoms with Crippen LogP contribution >= 0.6 is 0 Å². The zero-order chi connectivity index (χ0) is 45.7. The van der Waals surface area contributed by atoms with Crippen molar-refractivity contribution in [3.8, 4) is 50.2 Å². The van der Waals surface area contributed by atoms with Gasteiger partial charge in [0.05, 0.1) is 56.0 Å². The van der Waals surface area contributed by atoms with Crippen LogP contribution in [0.3, 0.4) is 0 Å². The fourth-order valence-electron chi connectivity index (χ4n) is 8.71. The first-order chi connectivity index (χ1) is 30.3. The van der Waals surface area contributed by atoms with Gasteiger partial charge in [-0.1, -0.05) is 112 Å². The number of para-hydroxylation sites is 3. The molecule has 0 saturated heterocycles. The van der Waals surface area contributed by atoms with Gasteiger partial charge in [0.25, 0.3) is 0 Å². The summed E-state index contributed by atoms with van der Waals surface area (Å²) in [6.07, 6.45) is 0. The molecule has 0 unspecified atom stereocenters. The first kappa shape index (κ1) is 44.0. The highest BCUT2D eigenvalue weighted by atomic mass is 15.1. The molecule has 9 aromatic rings. The maximum atomic E-state index is 6.73. The Morgan fingerprint density at radius 2 is 0.828 bits per heavy atom. The second-order valence-corrected chi connectivity index (χ2v) is 16.1. The van der Waals surface area contributed by atoms with Gasteiger partial charge < -0.3 is 0 Å². The quantitative estimate of drug-likeness (QED) is 0.136. The van der Waals surface area contributed by atoms with Crippen molar-refractivity contribution < 1.29 is 0 Å². The van der Waals surface area contributed by atoms with Crippen LogP contribution in [0.5, 0.6) is 0 Å². The average molecular weight is 774 g/mol. The lowest BCUT2D eigenvalue weighted by atomic mass is 9.23. The first-order valence-electron chi connectivity index (χ1n) is 20.0. The molecular formula is C47H19B15N2. The maximum absolute atomic E-state index is 6.73. The highest BCUT2D eigenvalue weighted by Gasteiger charge is 2.37. The largest absolute Gasteiger partial charge is 0.296 e. The summed E-state index contributed by atoms with van der Waals surface area (Å²) in [5, 5.41) is -0.717. The van der Waals surface area contributed by atoms with Crippen LogP contribution in [0.1, 0.15) is 5.82 Å². The molecule has 2 nitrogen and oxygen atoms in total. The van der Waals surface area contributed by atoms with E-state index in [1.807, 2.05) is 114 Å². The van der Waals surface area contributed by atoms with E-state index in [-0.39, 0.29) is 60.5 Å². The SMILES string of the molecule is [B]c1c([B])c([B])c(-c2cccc(-c3c4ccccc4c(-c4ccccc4-n4c(C([B])([B])C([B])([B])[B])nc5ccccc54)c4ccc(-c5c([B])c([B])c([B])c([B])c5[B])cc34)c2)c([B])c1[B]. The number of aromatic nitrogens is 2. The summed E-state index contributed by atoms with van der Waals surface area (Å²) in [4.78, 5) is 4.86. The summed E-state index contributed by atoms with van der Waals surface area (Å²) in [5.74, 6) is 0.143. The van der Waals surface area contributed by atoms with Crippen molar-refractivity contribution in [2.45, 2.75) is 10.3 Å². The first-order valence-corrected chi connectivity index (χ1v) is 20.0. The van der Waals surface area contributed by atoms with Crippen LogP contribution in [-0.2, 0) is 5.21 Å². The topological polar surface area (TPSA) is 17.8 Å². The van der Waals surface area contributed by atoms with Gasteiger partial charge in [0.1, 0.15) is 84.3 Å². The molecule has 17 heteroatoms. The van der Waals surface area contributed by atoms with E-state index in [1.54, 1.807) is 0 Å². The minimum atomic E-state index is -2.08. The van der Waals surface area contributed by atoms with Crippen LogP contribution in [-0.4, -0.2) is 127 Å². The smallest absolute Gasteiger partial charge is 0.113 e. The lowest BCUT2D eigenvalue weighted by Gasteiger charge is -2.41. The van der Waals surface area contributed by atoms with Crippen molar-refractivity contribution in [3.05, 3.63) is 121 Å². The van der Waals surface area contributed by atoms with Crippen molar-refractivity contribution in [3.63, 3.8) is 0 Å². The van der Waals surface area contributed by atoms with Crippen molar-refractivity contribution in [2.75, 3.05) is 0 Å². The molecule has 64 heavy (non-hydrogen) atoms. The summed E-state index contributed by atoms with van der Waals surface area (Å²) in [5.41, 5.74) is 8.89. The van der Waals surface area contributed by atoms with Gasteiger partial charge in [0.2, 0.25) is 0 Å². The zero-order valence-corrected chi connectivity index (χ0v) is 34.5. The molecule has 262 valence electrons. The molecule has 0 spiro atoms. The number of imidazole rings is 1. The monoisotopic (exact) mass is 776 g/mol. The summed E-state index contributed by atoms with van der Waals surface area (Å²) in [7, 11) is 96.8. The Morgan fingerprint density at radius 1 is 0.375 bits per heavy atom. The second-order valence-electron chi connectivity index (χ2n) is 16.1. The van der Waals surface area contributed by atoms with Gasteiger partial charge in [-0.15, -0.1) is 37.9 Å². The molecule has 8 aromatic carbocycles. The fraction of sp³-hybridized carbons (Fsp3) is 0.0426. The van der Waals surface area contributed by atoms with Gasteiger partial charge in [-0.05, 0) is 90.8 Å². The molecule has 0 fully saturated rings. The number of hydrogen-bond acceptors (Lipinski definition) is 1. The fourth-order valence-corrected chi connectivity index (χ4v) is 8.71. The van der Waals surface area contributed by atoms with E-state index in [0.29, 0.717) is 39.0 Å². The summed E-state index contributed by atoms with van der Waals surface area (Å²) >= 11 is 0. The van der Waals surface area contributed by atoms with Crippen molar-refractivity contribution in [1.82, 2.24) is 9.55 Å². The summed E-state index contributed by atoms with van der Waals surface area (Å²) in [6.45, 7) is 0. The van der Waals surface area contributed by atoms with Crippen LogP contribution in [0.4, 0.5) is 0 Å². The molecular weight excluding hydrogens is 755 g/mol. The van der Waals surface area contributed by atoms with E-state index in [4.69, 9.17) is 123 Å². The summed E-state index contributed by atoms with van der Waals surface area (Å²) in [6, 6.07) is 37.0. The van der Waals surface area contributed by atoms with E-state index in [9.17, 15) is 0 Å². The molecule has 0 atom stereocenters. The Hall–Kier alpha value is -5.28. The van der Waals surface area contributed by atoms with Gasteiger partial charge in [-0.25, -0.2) is 4.98 Å². The second kappa shape index (κ2) is 16.0. The van der Waals surface area contributed by atoms with E-state index < -0.39 is 10.3 Å². The molecule has 0 amide bonds. The molecule has 0 saturated carbocycles. The Morgan fingerprint density at radius 3 is 1.41 bits per heavy atom. The van der Waals surface area contributed by atoms with Crippen LogP contribution in [0.25, 0.3) is 82.8 Å². The third kappa shape index (κ3) is 6.73. The third-order valence-corrected chi connectivity index (χ3v) is 12.2. The summed E-state index contributed by atoms with van der Waals surface area (Å²) < 4.78 is 1.85. The van der Waals surface area contributed by atoms with Gasteiger partial charge in [-0.3, -0.25) is 4.57 Å². The van der Waals surface area contributed by atoms with Gasteiger partial charge in [0.15, 0.2) is 0 Å². The van der Waals surface area contributed by atoms with Gasteiger partial charge in [-0.2, -0.15) is 0 Å². The lowest BCUT2D eigenvalue weighted by Crippen LogP contribution is -2.55. The Bertz CT molecular complexity index is 3370.